The summed E-state index contributed by atoms with van der Waals surface area (Å²) in [5, 5.41) is 9.97. The molecule has 0 spiro atoms. The van der Waals surface area contributed by atoms with E-state index in [1.807, 2.05) is 6.92 Å². The van der Waals surface area contributed by atoms with E-state index in [0.29, 0.717) is 45.9 Å². The van der Waals surface area contributed by atoms with Crippen molar-refractivity contribution in [3.05, 3.63) is 34.6 Å². The monoisotopic (exact) mass is 344 g/mol. The predicted octanol–water partition coefficient (Wildman–Crippen LogP) is 1.63. The highest BCUT2D eigenvalue weighted by atomic mass is 35.5. The van der Waals surface area contributed by atoms with Crippen LogP contribution in [0.3, 0.4) is 0 Å². The number of hydrogen-bond donors (Lipinski definition) is 1. The van der Waals surface area contributed by atoms with Crippen molar-refractivity contribution in [2.24, 2.45) is 0 Å². The lowest BCUT2D eigenvalue weighted by molar-refractivity contribution is 0.0111. The van der Waals surface area contributed by atoms with Gasteiger partial charge in [0, 0.05) is 39.3 Å². The highest BCUT2D eigenvalue weighted by Crippen LogP contribution is 2.21. The summed E-state index contributed by atoms with van der Waals surface area (Å²) in [6.45, 7) is 5.47. The van der Waals surface area contributed by atoms with Gasteiger partial charge in [-0.25, -0.2) is 4.39 Å². The zero-order valence-electron chi connectivity index (χ0n) is 13.2. The first-order chi connectivity index (χ1) is 11.0. The van der Waals surface area contributed by atoms with Crippen molar-refractivity contribution in [2.75, 3.05) is 45.9 Å². The van der Waals surface area contributed by atoms with Gasteiger partial charge in [0.1, 0.15) is 5.82 Å². The molecule has 1 saturated heterocycles. The van der Waals surface area contributed by atoms with Crippen LogP contribution in [-0.4, -0.2) is 72.9 Å². The zero-order valence-corrected chi connectivity index (χ0v) is 13.9. The summed E-state index contributed by atoms with van der Waals surface area (Å²) in [6, 6.07) is 4.23. The number of aliphatic hydroxyl groups is 1. The summed E-state index contributed by atoms with van der Waals surface area (Å²) in [6.07, 6.45) is -0.543. The van der Waals surface area contributed by atoms with Crippen LogP contribution in [0.4, 0.5) is 4.39 Å². The number of β-amino-alcohol motifs (C(OH)–C–C–N with tert-alkyl or cyclic N) is 1. The van der Waals surface area contributed by atoms with Crippen molar-refractivity contribution in [1.82, 2.24) is 9.80 Å². The van der Waals surface area contributed by atoms with Gasteiger partial charge in [0.05, 0.1) is 23.3 Å². The average Bonchev–Trinajstić information content (AvgIpc) is 2.53. The summed E-state index contributed by atoms with van der Waals surface area (Å²) in [5.41, 5.74) is -0.0704. The second kappa shape index (κ2) is 8.59. The van der Waals surface area contributed by atoms with Gasteiger partial charge in [-0.2, -0.15) is 0 Å². The molecule has 1 fully saturated rings. The maximum Gasteiger partial charge on any atom is 0.258 e. The highest BCUT2D eigenvalue weighted by Gasteiger charge is 2.26. The van der Waals surface area contributed by atoms with E-state index in [1.54, 1.807) is 4.90 Å². The van der Waals surface area contributed by atoms with Crippen LogP contribution in [0.15, 0.2) is 18.2 Å². The molecule has 1 N–H and O–H groups in total. The standard InChI is InChI=1S/C16H22ClFN2O3/c1-2-23-11-12(21)10-19-6-8-20(9-7-19)16(22)15-13(17)4-3-5-14(15)18/h3-5,12,21H,2,6-11H2,1H3/t12-/m0/s1. The molecule has 5 nitrogen and oxygen atoms in total. The lowest BCUT2D eigenvalue weighted by atomic mass is 10.1. The summed E-state index contributed by atoms with van der Waals surface area (Å²) >= 11 is 5.94. The maximum absolute atomic E-state index is 13.8. The largest absolute Gasteiger partial charge is 0.389 e. The molecule has 7 heteroatoms. The van der Waals surface area contributed by atoms with Gasteiger partial charge in [0.25, 0.3) is 5.91 Å². The lowest BCUT2D eigenvalue weighted by Crippen LogP contribution is -2.51. The smallest absolute Gasteiger partial charge is 0.258 e. The highest BCUT2D eigenvalue weighted by molar-refractivity contribution is 6.33. The van der Waals surface area contributed by atoms with Crippen LogP contribution in [0.25, 0.3) is 0 Å². The Hall–Kier alpha value is -1.21. The minimum Gasteiger partial charge on any atom is -0.389 e. The van der Waals surface area contributed by atoms with Crippen molar-refractivity contribution >= 4 is 17.5 Å². The topological polar surface area (TPSA) is 53.0 Å². The maximum atomic E-state index is 13.8. The predicted molar refractivity (Wildman–Crippen MR) is 86.3 cm³/mol. The number of carbonyl (C=O) groups excluding carboxylic acids is 1. The molecule has 0 radical (unpaired) electrons. The van der Waals surface area contributed by atoms with Crippen LogP contribution < -0.4 is 0 Å². The molecule has 1 aromatic carbocycles. The van der Waals surface area contributed by atoms with Crippen LogP contribution in [0.1, 0.15) is 17.3 Å². The number of rotatable bonds is 6. The number of benzene rings is 1. The second-order valence-electron chi connectivity index (χ2n) is 5.50. The van der Waals surface area contributed by atoms with Crippen LogP contribution in [0.5, 0.6) is 0 Å². The average molecular weight is 345 g/mol. The molecule has 0 unspecified atom stereocenters. The Morgan fingerprint density at radius 1 is 1.39 bits per heavy atom. The zero-order chi connectivity index (χ0) is 16.8. The van der Waals surface area contributed by atoms with Crippen molar-refractivity contribution in [1.29, 1.82) is 0 Å². The Bertz CT molecular complexity index is 516. The molecule has 1 aliphatic heterocycles. The van der Waals surface area contributed by atoms with E-state index in [0.717, 1.165) is 0 Å². The van der Waals surface area contributed by atoms with Gasteiger partial charge in [0.2, 0.25) is 0 Å². The third kappa shape index (κ3) is 4.88. The fourth-order valence-corrected chi connectivity index (χ4v) is 2.84. The SMILES string of the molecule is CCOC[C@@H](O)CN1CCN(C(=O)c2c(F)cccc2Cl)CC1. The number of piperazine rings is 1. The first-order valence-corrected chi connectivity index (χ1v) is 8.12. The minimum absolute atomic E-state index is 0.0704. The molecular weight excluding hydrogens is 323 g/mol. The molecule has 23 heavy (non-hydrogen) atoms. The van der Waals surface area contributed by atoms with E-state index < -0.39 is 11.9 Å². The Balaban J connectivity index is 1.88. The second-order valence-corrected chi connectivity index (χ2v) is 5.91. The molecule has 0 aliphatic carbocycles. The van der Waals surface area contributed by atoms with Crippen molar-refractivity contribution < 1.29 is 19.0 Å². The Morgan fingerprint density at radius 3 is 2.70 bits per heavy atom. The number of halogens is 2. The van der Waals surface area contributed by atoms with Gasteiger partial charge in [-0.05, 0) is 19.1 Å². The first kappa shape index (κ1) is 18.1. The summed E-state index contributed by atoms with van der Waals surface area (Å²) < 4.78 is 19.0. The van der Waals surface area contributed by atoms with Gasteiger partial charge in [0.15, 0.2) is 0 Å². The lowest BCUT2D eigenvalue weighted by Gasteiger charge is -2.35. The third-order valence-electron chi connectivity index (χ3n) is 3.82. The van der Waals surface area contributed by atoms with E-state index in [1.165, 1.54) is 18.2 Å². The first-order valence-electron chi connectivity index (χ1n) is 7.74. The molecule has 0 bridgehead atoms. The minimum atomic E-state index is -0.600. The van der Waals surface area contributed by atoms with E-state index in [-0.39, 0.29) is 16.5 Å². The molecule has 128 valence electrons. The number of ether oxygens (including phenoxy) is 1. The number of amides is 1. The van der Waals surface area contributed by atoms with E-state index in [4.69, 9.17) is 16.3 Å². The molecule has 1 aliphatic rings. The van der Waals surface area contributed by atoms with Gasteiger partial charge in [-0.15, -0.1) is 0 Å². The van der Waals surface area contributed by atoms with Crippen LogP contribution >= 0.6 is 11.6 Å². The summed E-state index contributed by atoms with van der Waals surface area (Å²) in [5.74, 6) is -0.986. The molecule has 0 aromatic heterocycles. The van der Waals surface area contributed by atoms with Crippen molar-refractivity contribution in [3.63, 3.8) is 0 Å². The van der Waals surface area contributed by atoms with Gasteiger partial charge >= 0.3 is 0 Å². The molecule has 2 rings (SSSR count). The van der Waals surface area contributed by atoms with Crippen molar-refractivity contribution in [3.8, 4) is 0 Å². The number of carbonyl (C=O) groups is 1. The number of aliphatic hydroxyl groups excluding tert-OH is 1. The van der Waals surface area contributed by atoms with Gasteiger partial charge in [-0.1, -0.05) is 17.7 Å². The summed E-state index contributed by atoms with van der Waals surface area (Å²) in [7, 11) is 0. The molecule has 1 amide bonds. The molecule has 1 atom stereocenters. The van der Waals surface area contributed by atoms with Crippen LogP contribution in [0.2, 0.25) is 5.02 Å². The quantitative estimate of drug-likeness (QED) is 0.852. The molecule has 1 aromatic rings. The van der Waals surface area contributed by atoms with E-state index >= 15 is 0 Å². The van der Waals surface area contributed by atoms with Crippen LogP contribution in [0, 0.1) is 5.82 Å². The fourth-order valence-electron chi connectivity index (χ4n) is 2.60. The van der Waals surface area contributed by atoms with Gasteiger partial charge < -0.3 is 14.7 Å². The summed E-state index contributed by atoms with van der Waals surface area (Å²) in [4.78, 5) is 16.1. The Morgan fingerprint density at radius 2 is 2.09 bits per heavy atom. The Labute approximate surface area is 140 Å². The van der Waals surface area contributed by atoms with E-state index in [9.17, 15) is 14.3 Å². The normalized spacial score (nSPS) is 17.3. The van der Waals surface area contributed by atoms with Crippen LogP contribution in [-0.2, 0) is 4.74 Å². The Kier molecular flexibility index (Phi) is 6.77. The number of nitrogens with zero attached hydrogens (tertiary/aromatic N) is 2. The molecule has 0 saturated carbocycles. The molecule has 1 heterocycles. The third-order valence-corrected chi connectivity index (χ3v) is 4.13. The van der Waals surface area contributed by atoms with Gasteiger partial charge in [-0.3, -0.25) is 9.69 Å². The fraction of sp³-hybridized carbons (Fsp3) is 0.562. The number of hydrogen-bond acceptors (Lipinski definition) is 4. The van der Waals surface area contributed by atoms with E-state index in [2.05, 4.69) is 4.90 Å². The van der Waals surface area contributed by atoms with Crippen molar-refractivity contribution in [2.45, 2.75) is 13.0 Å². The molecular formula is C16H22ClFN2O3.